The van der Waals surface area contributed by atoms with Crippen LogP contribution in [-0.2, 0) is 6.54 Å². The van der Waals surface area contributed by atoms with Gasteiger partial charge < -0.3 is 10.3 Å². The van der Waals surface area contributed by atoms with E-state index in [0.29, 0.717) is 5.95 Å². The highest BCUT2D eigenvalue weighted by atomic mass is 15.1. The topological polar surface area (TPSA) is 43.8 Å². The van der Waals surface area contributed by atoms with Crippen LogP contribution < -0.4 is 5.73 Å². The molecule has 0 aliphatic heterocycles. The molecule has 108 valence electrons. The number of nitrogen functional groups attached to an aromatic ring is 1. The Kier molecular flexibility index (Phi) is 3.91. The molecule has 0 fully saturated rings. The second-order valence-corrected chi connectivity index (χ2v) is 5.45. The van der Waals surface area contributed by atoms with Crippen molar-refractivity contribution in [1.29, 1.82) is 0 Å². The quantitative estimate of drug-likeness (QED) is 0.700. The van der Waals surface area contributed by atoms with E-state index in [1.54, 1.807) is 0 Å². The molecule has 2 aromatic carbocycles. The fourth-order valence-electron chi connectivity index (χ4n) is 2.63. The molecule has 3 nitrogen and oxygen atoms in total. The number of imidazole rings is 1. The van der Waals surface area contributed by atoms with E-state index < -0.39 is 0 Å². The fraction of sp³-hybridized carbons (Fsp3) is 0.278. The molecule has 0 aliphatic rings. The predicted molar refractivity (Wildman–Crippen MR) is 89.1 cm³/mol. The van der Waals surface area contributed by atoms with Gasteiger partial charge in [0.05, 0.1) is 5.69 Å². The Bertz CT molecular complexity index is 743. The minimum Gasteiger partial charge on any atom is -0.369 e. The smallest absolute Gasteiger partial charge is 0.200 e. The van der Waals surface area contributed by atoms with Gasteiger partial charge in [-0.2, -0.15) is 0 Å². The summed E-state index contributed by atoms with van der Waals surface area (Å²) < 4.78 is 2.06. The van der Waals surface area contributed by atoms with E-state index in [-0.39, 0.29) is 0 Å². The largest absolute Gasteiger partial charge is 0.369 e. The Morgan fingerprint density at radius 2 is 1.86 bits per heavy atom. The zero-order chi connectivity index (χ0) is 14.7. The second-order valence-electron chi connectivity index (χ2n) is 5.45. The van der Waals surface area contributed by atoms with Gasteiger partial charge in [0.1, 0.15) is 0 Å². The zero-order valence-electron chi connectivity index (χ0n) is 12.4. The van der Waals surface area contributed by atoms with E-state index in [2.05, 4.69) is 65.1 Å². The number of nitrogens with two attached hydrogens (primary N) is 1. The summed E-state index contributed by atoms with van der Waals surface area (Å²) >= 11 is 0. The van der Waals surface area contributed by atoms with Crippen molar-refractivity contribution in [3.63, 3.8) is 0 Å². The van der Waals surface area contributed by atoms with Crippen LogP contribution in [0, 0.1) is 0 Å². The highest BCUT2D eigenvalue weighted by molar-refractivity contribution is 5.86. The van der Waals surface area contributed by atoms with Crippen LogP contribution in [0.4, 0.5) is 5.95 Å². The molecular formula is C18H21N3. The van der Waals surface area contributed by atoms with Gasteiger partial charge in [-0.05, 0) is 23.3 Å². The first kappa shape index (κ1) is 13.7. The fourth-order valence-corrected chi connectivity index (χ4v) is 2.63. The predicted octanol–water partition coefficient (Wildman–Crippen LogP) is 4.48. The maximum absolute atomic E-state index is 6.03. The minimum absolute atomic E-state index is 0.606. The van der Waals surface area contributed by atoms with Crippen molar-refractivity contribution in [1.82, 2.24) is 9.55 Å². The molecule has 3 aromatic rings. The number of hydrogen-bond donors (Lipinski definition) is 1. The lowest BCUT2D eigenvalue weighted by Gasteiger charge is -2.02. The molecule has 3 heteroatoms. The molecule has 21 heavy (non-hydrogen) atoms. The zero-order valence-corrected chi connectivity index (χ0v) is 12.4. The van der Waals surface area contributed by atoms with Crippen LogP contribution in [0.5, 0.6) is 0 Å². The Morgan fingerprint density at radius 1 is 1.05 bits per heavy atom. The van der Waals surface area contributed by atoms with Gasteiger partial charge in [-0.25, -0.2) is 4.98 Å². The van der Waals surface area contributed by atoms with Crippen molar-refractivity contribution in [3.05, 3.63) is 48.7 Å². The van der Waals surface area contributed by atoms with Crippen molar-refractivity contribution in [3.8, 4) is 11.3 Å². The first-order valence-corrected chi connectivity index (χ1v) is 7.60. The number of rotatable bonds is 5. The number of aryl methyl sites for hydroxylation is 1. The van der Waals surface area contributed by atoms with Crippen molar-refractivity contribution in [2.24, 2.45) is 0 Å². The summed E-state index contributed by atoms with van der Waals surface area (Å²) in [5.41, 5.74) is 8.10. The van der Waals surface area contributed by atoms with Gasteiger partial charge in [0.2, 0.25) is 5.95 Å². The van der Waals surface area contributed by atoms with Crippen molar-refractivity contribution in [2.75, 3.05) is 5.73 Å². The molecule has 3 rings (SSSR count). The van der Waals surface area contributed by atoms with E-state index in [9.17, 15) is 0 Å². The van der Waals surface area contributed by atoms with Crippen LogP contribution in [0.1, 0.15) is 26.2 Å². The van der Waals surface area contributed by atoms with Crippen LogP contribution in [0.2, 0.25) is 0 Å². The molecule has 1 aromatic heterocycles. The lowest BCUT2D eigenvalue weighted by molar-refractivity contribution is 0.608. The maximum atomic E-state index is 6.03. The van der Waals surface area contributed by atoms with Gasteiger partial charge >= 0.3 is 0 Å². The molecule has 0 bridgehead atoms. The molecular weight excluding hydrogens is 258 g/mol. The molecule has 0 unspecified atom stereocenters. The average molecular weight is 279 g/mol. The molecule has 0 atom stereocenters. The molecule has 0 saturated heterocycles. The number of anilines is 1. The Morgan fingerprint density at radius 3 is 2.67 bits per heavy atom. The minimum atomic E-state index is 0.606. The molecule has 0 saturated carbocycles. The van der Waals surface area contributed by atoms with E-state index in [1.165, 1.54) is 23.6 Å². The standard InChI is InChI=1S/C18H21N3/c1-2-3-6-11-21-13-17(20-18(21)19)16-10-9-14-7-4-5-8-15(14)12-16/h4-5,7-10,12-13H,2-3,6,11H2,1H3,(H2,19,20). The monoisotopic (exact) mass is 279 g/mol. The Hall–Kier alpha value is -2.29. The summed E-state index contributed by atoms with van der Waals surface area (Å²) in [5, 5.41) is 2.48. The van der Waals surface area contributed by atoms with E-state index in [1.807, 2.05) is 0 Å². The van der Waals surface area contributed by atoms with Crippen LogP contribution in [0.15, 0.2) is 48.7 Å². The third kappa shape index (κ3) is 2.92. The van der Waals surface area contributed by atoms with Crippen LogP contribution >= 0.6 is 0 Å². The van der Waals surface area contributed by atoms with Gasteiger partial charge in [0.15, 0.2) is 0 Å². The third-order valence-electron chi connectivity index (χ3n) is 3.86. The summed E-state index contributed by atoms with van der Waals surface area (Å²) in [5.74, 6) is 0.606. The second kappa shape index (κ2) is 6.00. The Balaban J connectivity index is 1.89. The summed E-state index contributed by atoms with van der Waals surface area (Å²) in [6.45, 7) is 3.15. The van der Waals surface area contributed by atoms with E-state index in [4.69, 9.17) is 5.73 Å². The molecule has 0 radical (unpaired) electrons. The Labute approximate surface area is 125 Å². The number of hydrogen-bond acceptors (Lipinski definition) is 2. The molecule has 1 heterocycles. The summed E-state index contributed by atoms with van der Waals surface area (Å²) in [6.07, 6.45) is 5.65. The third-order valence-corrected chi connectivity index (χ3v) is 3.86. The number of fused-ring (bicyclic) bond motifs is 1. The average Bonchev–Trinajstić information content (AvgIpc) is 2.88. The first-order valence-electron chi connectivity index (χ1n) is 7.60. The van der Waals surface area contributed by atoms with Crippen LogP contribution in [-0.4, -0.2) is 9.55 Å². The number of aromatic nitrogens is 2. The van der Waals surface area contributed by atoms with E-state index in [0.717, 1.165) is 24.2 Å². The molecule has 0 spiro atoms. The van der Waals surface area contributed by atoms with Gasteiger partial charge in [0, 0.05) is 18.3 Å². The molecule has 2 N–H and O–H groups in total. The number of unbranched alkanes of at least 4 members (excludes halogenated alkanes) is 2. The first-order chi connectivity index (χ1) is 10.3. The maximum Gasteiger partial charge on any atom is 0.200 e. The normalized spacial score (nSPS) is 11.1. The number of benzene rings is 2. The number of nitrogens with zero attached hydrogens (tertiary/aromatic N) is 2. The summed E-state index contributed by atoms with van der Waals surface area (Å²) in [4.78, 5) is 4.51. The lowest BCUT2D eigenvalue weighted by atomic mass is 10.1. The van der Waals surface area contributed by atoms with Crippen molar-refractivity contribution < 1.29 is 0 Å². The van der Waals surface area contributed by atoms with Gasteiger partial charge in [-0.15, -0.1) is 0 Å². The van der Waals surface area contributed by atoms with Crippen LogP contribution in [0.25, 0.3) is 22.0 Å². The highest BCUT2D eigenvalue weighted by Gasteiger charge is 2.07. The van der Waals surface area contributed by atoms with Crippen molar-refractivity contribution in [2.45, 2.75) is 32.7 Å². The van der Waals surface area contributed by atoms with Crippen LogP contribution in [0.3, 0.4) is 0 Å². The molecule has 0 aliphatic carbocycles. The summed E-state index contributed by atoms with van der Waals surface area (Å²) in [7, 11) is 0. The van der Waals surface area contributed by atoms with Gasteiger partial charge in [-0.1, -0.05) is 56.2 Å². The van der Waals surface area contributed by atoms with Crippen molar-refractivity contribution >= 4 is 16.7 Å². The van der Waals surface area contributed by atoms with E-state index >= 15 is 0 Å². The summed E-state index contributed by atoms with van der Waals surface area (Å²) in [6, 6.07) is 14.8. The highest BCUT2D eigenvalue weighted by Crippen LogP contribution is 2.24. The van der Waals surface area contributed by atoms with Gasteiger partial charge in [-0.3, -0.25) is 0 Å². The lowest BCUT2D eigenvalue weighted by Crippen LogP contribution is -2.02. The van der Waals surface area contributed by atoms with Gasteiger partial charge in [0.25, 0.3) is 0 Å². The molecule has 0 amide bonds. The SMILES string of the molecule is CCCCCn1cc(-c2ccc3ccccc3c2)nc1N.